The van der Waals surface area contributed by atoms with Gasteiger partial charge in [0.05, 0.1) is 5.56 Å². The second-order valence-corrected chi connectivity index (χ2v) is 6.00. The fourth-order valence-electron chi connectivity index (χ4n) is 1.51. The first-order chi connectivity index (χ1) is 9.79. The summed E-state index contributed by atoms with van der Waals surface area (Å²) >= 11 is 5.69. The van der Waals surface area contributed by atoms with Crippen LogP contribution in [0.15, 0.2) is 41.4 Å². The molecule has 110 valence electrons. The van der Waals surface area contributed by atoms with Gasteiger partial charge in [0.15, 0.2) is 0 Å². The Balaban J connectivity index is 2.38. The van der Waals surface area contributed by atoms with E-state index >= 15 is 0 Å². The van der Waals surface area contributed by atoms with Gasteiger partial charge in [-0.25, -0.2) is 22.6 Å². The topological polar surface area (TPSA) is 96.4 Å². The lowest BCUT2D eigenvalue weighted by Gasteiger charge is -2.08. The highest BCUT2D eigenvalue weighted by Gasteiger charge is 2.21. The van der Waals surface area contributed by atoms with Crippen molar-refractivity contribution in [1.82, 2.24) is 4.98 Å². The third-order valence-corrected chi connectivity index (χ3v) is 4.05. The summed E-state index contributed by atoms with van der Waals surface area (Å²) in [5.41, 5.74) is -0.354. The molecule has 0 radical (unpaired) electrons. The summed E-state index contributed by atoms with van der Waals surface area (Å²) < 4.78 is 39.9. The molecule has 0 aliphatic carbocycles. The minimum absolute atomic E-state index is 0.0794. The fourth-order valence-corrected chi connectivity index (χ4v) is 2.72. The molecule has 1 aromatic carbocycles. The number of benzene rings is 1. The normalized spacial score (nSPS) is 11.1. The molecule has 1 heterocycles. The number of aromatic carboxylic acids is 1. The van der Waals surface area contributed by atoms with Crippen molar-refractivity contribution < 1.29 is 22.7 Å². The van der Waals surface area contributed by atoms with E-state index in [4.69, 9.17) is 16.7 Å². The number of pyridine rings is 1. The van der Waals surface area contributed by atoms with Crippen molar-refractivity contribution in [3.05, 3.63) is 52.9 Å². The van der Waals surface area contributed by atoms with Crippen LogP contribution in [-0.4, -0.2) is 24.5 Å². The highest BCUT2D eigenvalue weighted by molar-refractivity contribution is 7.92. The van der Waals surface area contributed by atoms with E-state index in [-0.39, 0.29) is 16.4 Å². The van der Waals surface area contributed by atoms with Gasteiger partial charge < -0.3 is 5.11 Å². The predicted octanol–water partition coefficient (Wildman–Crippen LogP) is 2.37. The zero-order chi connectivity index (χ0) is 15.6. The number of carboxylic acids is 1. The predicted molar refractivity (Wildman–Crippen MR) is 73.4 cm³/mol. The largest absolute Gasteiger partial charge is 0.478 e. The van der Waals surface area contributed by atoms with E-state index in [1.165, 1.54) is 18.3 Å². The molecule has 2 N–H and O–H groups in total. The molecule has 0 fully saturated rings. The van der Waals surface area contributed by atoms with Crippen LogP contribution < -0.4 is 4.72 Å². The Bertz CT molecular complexity index is 811. The van der Waals surface area contributed by atoms with Gasteiger partial charge in [-0.2, -0.15) is 0 Å². The number of halogens is 2. The number of carboxylic acid groups (broad SMARTS) is 1. The monoisotopic (exact) mass is 330 g/mol. The molecule has 1 aromatic heterocycles. The molecular formula is C12H8ClFN2O4S. The van der Waals surface area contributed by atoms with Crippen LogP contribution in [0.3, 0.4) is 0 Å². The van der Waals surface area contributed by atoms with Gasteiger partial charge in [-0.1, -0.05) is 11.6 Å². The van der Waals surface area contributed by atoms with E-state index in [2.05, 4.69) is 9.71 Å². The third-order valence-electron chi connectivity index (χ3n) is 2.43. The molecule has 0 saturated carbocycles. The Hall–Kier alpha value is -2.19. The summed E-state index contributed by atoms with van der Waals surface area (Å²) in [6.45, 7) is 0. The van der Waals surface area contributed by atoms with Gasteiger partial charge in [-0.05, 0) is 24.3 Å². The summed E-state index contributed by atoms with van der Waals surface area (Å²) in [6.07, 6.45) is 1.28. The van der Waals surface area contributed by atoms with Gasteiger partial charge in [-0.15, -0.1) is 0 Å². The lowest BCUT2D eigenvalue weighted by molar-refractivity contribution is 0.0696. The van der Waals surface area contributed by atoms with E-state index in [1.54, 1.807) is 0 Å². The summed E-state index contributed by atoms with van der Waals surface area (Å²) in [6, 6.07) is 5.18. The number of aromatic nitrogens is 1. The van der Waals surface area contributed by atoms with Gasteiger partial charge >= 0.3 is 5.97 Å². The molecule has 0 aliphatic rings. The molecule has 2 aromatic rings. The molecule has 21 heavy (non-hydrogen) atoms. The molecule has 0 amide bonds. The Morgan fingerprint density at radius 1 is 1.29 bits per heavy atom. The minimum atomic E-state index is -4.24. The Morgan fingerprint density at radius 3 is 2.57 bits per heavy atom. The second-order valence-electron chi connectivity index (χ2n) is 3.92. The Kier molecular flexibility index (Phi) is 4.10. The first kappa shape index (κ1) is 15.2. The Morgan fingerprint density at radius 2 is 2.00 bits per heavy atom. The first-order valence-electron chi connectivity index (χ1n) is 5.47. The molecule has 0 bridgehead atoms. The van der Waals surface area contributed by atoms with Gasteiger partial charge in [0.25, 0.3) is 10.0 Å². The number of rotatable bonds is 4. The highest BCUT2D eigenvalue weighted by atomic mass is 35.5. The number of nitrogens with zero attached hydrogens (tertiary/aromatic N) is 1. The molecule has 0 spiro atoms. The lowest BCUT2D eigenvalue weighted by Crippen LogP contribution is -2.16. The number of hydrogen-bond donors (Lipinski definition) is 2. The van der Waals surface area contributed by atoms with E-state index in [0.717, 1.165) is 12.1 Å². The van der Waals surface area contributed by atoms with Crippen molar-refractivity contribution in [3.8, 4) is 0 Å². The van der Waals surface area contributed by atoms with Crippen LogP contribution in [0.5, 0.6) is 0 Å². The number of sulfonamides is 1. The number of nitrogens with one attached hydrogen (secondary N) is 1. The van der Waals surface area contributed by atoms with Gasteiger partial charge in [0.1, 0.15) is 16.5 Å². The first-order valence-corrected chi connectivity index (χ1v) is 7.33. The summed E-state index contributed by atoms with van der Waals surface area (Å²) in [5.74, 6) is -2.61. The molecule has 2 rings (SSSR count). The Labute approximate surface area is 124 Å². The number of anilines is 1. The van der Waals surface area contributed by atoms with Crippen LogP contribution in [0.25, 0.3) is 0 Å². The van der Waals surface area contributed by atoms with Crippen LogP contribution in [0.2, 0.25) is 5.02 Å². The van der Waals surface area contributed by atoms with Crippen LogP contribution in [-0.2, 0) is 10.0 Å². The average Bonchev–Trinajstić information content (AvgIpc) is 2.37. The summed E-state index contributed by atoms with van der Waals surface area (Å²) in [7, 11) is -4.24. The van der Waals surface area contributed by atoms with Crippen LogP contribution >= 0.6 is 11.6 Å². The summed E-state index contributed by atoms with van der Waals surface area (Å²) in [5, 5.41) is 8.97. The number of carbonyl (C=O) groups is 1. The van der Waals surface area contributed by atoms with E-state index < -0.39 is 26.7 Å². The zero-order valence-electron chi connectivity index (χ0n) is 10.2. The van der Waals surface area contributed by atoms with E-state index in [9.17, 15) is 17.6 Å². The van der Waals surface area contributed by atoms with Gasteiger partial charge in [0, 0.05) is 17.3 Å². The van der Waals surface area contributed by atoms with E-state index in [1.807, 2.05) is 0 Å². The van der Waals surface area contributed by atoms with Crippen LogP contribution in [0, 0.1) is 5.82 Å². The van der Waals surface area contributed by atoms with E-state index in [0.29, 0.717) is 6.07 Å². The standard InChI is InChI=1S/C12H8ClFN2O4S/c13-8-3-4-15-11(6-8)16-21(19,20)10-2-1-7(12(17)18)5-9(10)14/h1-6H,(H,15,16)(H,17,18). The smallest absolute Gasteiger partial charge is 0.335 e. The van der Waals surface area contributed by atoms with Crippen LogP contribution in [0.4, 0.5) is 10.2 Å². The van der Waals surface area contributed by atoms with Gasteiger partial charge in [0.2, 0.25) is 0 Å². The molecule has 9 heteroatoms. The zero-order valence-corrected chi connectivity index (χ0v) is 11.8. The van der Waals surface area contributed by atoms with Crippen molar-refractivity contribution >= 4 is 33.4 Å². The quantitative estimate of drug-likeness (QED) is 0.897. The maximum Gasteiger partial charge on any atom is 0.335 e. The maximum absolute atomic E-state index is 13.8. The minimum Gasteiger partial charge on any atom is -0.478 e. The molecule has 6 nitrogen and oxygen atoms in total. The number of hydrogen-bond acceptors (Lipinski definition) is 4. The average molecular weight is 331 g/mol. The molecule has 0 aliphatic heterocycles. The van der Waals surface area contributed by atoms with Crippen molar-refractivity contribution in [1.29, 1.82) is 0 Å². The van der Waals surface area contributed by atoms with Crippen LogP contribution in [0.1, 0.15) is 10.4 Å². The SMILES string of the molecule is O=C(O)c1ccc(S(=O)(=O)Nc2cc(Cl)ccn2)c(F)c1. The van der Waals surface area contributed by atoms with Gasteiger partial charge in [-0.3, -0.25) is 4.72 Å². The molecule has 0 unspecified atom stereocenters. The molecule has 0 atom stereocenters. The fraction of sp³-hybridized carbons (Fsp3) is 0. The molecule has 0 saturated heterocycles. The summed E-state index contributed by atoms with van der Waals surface area (Å²) in [4.78, 5) is 13.7. The highest BCUT2D eigenvalue weighted by Crippen LogP contribution is 2.20. The lowest BCUT2D eigenvalue weighted by atomic mass is 10.2. The van der Waals surface area contributed by atoms with Crippen molar-refractivity contribution in [2.75, 3.05) is 4.72 Å². The van der Waals surface area contributed by atoms with Crippen molar-refractivity contribution in [2.24, 2.45) is 0 Å². The maximum atomic E-state index is 13.8. The van der Waals surface area contributed by atoms with Crippen molar-refractivity contribution in [3.63, 3.8) is 0 Å². The second kappa shape index (κ2) is 5.66. The third kappa shape index (κ3) is 3.47. The molecular weight excluding hydrogens is 323 g/mol. The van der Waals surface area contributed by atoms with Crippen molar-refractivity contribution in [2.45, 2.75) is 4.90 Å².